The van der Waals surface area contributed by atoms with Crippen LogP contribution >= 0.6 is 11.3 Å². The van der Waals surface area contributed by atoms with E-state index in [1.807, 2.05) is 37.6 Å². The number of aryl methyl sites for hydroxylation is 2. The lowest BCUT2D eigenvalue weighted by atomic mass is 10.1. The lowest BCUT2D eigenvalue weighted by Gasteiger charge is -2.10. The van der Waals surface area contributed by atoms with Gasteiger partial charge in [-0.1, -0.05) is 17.7 Å². The maximum atomic E-state index is 6.06. The second-order valence-electron chi connectivity index (χ2n) is 5.47. The number of benzene rings is 1. The number of ether oxygens (including phenoxy) is 1. The second kappa shape index (κ2) is 5.50. The summed E-state index contributed by atoms with van der Waals surface area (Å²) in [5, 5.41) is 2.02. The smallest absolute Gasteiger partial charge is 0.242 e. The predicted octanol–water partition coefficient (Wildman–Crippen LogP) is 3.69. The van der Waals surface area contributed by atoms with E-state index in [1.54, 1.807) is 11.3 Å². The molecule has 5 heteroatoms. The minimum Gasteiger partial charge on any atom is -0.437 e. The molecule has 0 aliphatic heterocycles. The molecule has 3 rings (SSSR count). The van der Waals surface area contributed by atoms with Crippen molar-refractivity contribution in [3.63, 3.8) is 0 Å². The molecule has 2 N–H and O–H groups in total. The minimum atomic E-state index is 0.0614. The van der Waals surface area contributed by atoms with Crippen LogP contribution in [-0.4, -0.2) is 15.4 Å². The van der Waals surface area contributed by atoms with Gasteiger partial charge in [-0.15, -0.1) is 11.3 Å². The Balaban J connectivity index is 2.01. The van der Waals surface area contributed by atoms with Gasteiger partial charge >= 0.3 is 0 Å². The number of rotatable bonds is 4. The quantitative estimate of drug-likeness (QED) is 0.799. The number of imidazole rings is 1. The molecule has 21 heavy (non-hydrogen) atoms. The molecule has 0 amide bonds. The first kappa shape index (κ1) is 14.1. The summed E-state index contributed by atoms with van der Waals surface area (Å²) < 4.78 is 8.12. The third-order valence-corrected chi connectivity index (χ3v) is 4.13. The highest BCUT2D eigenvalue weighted by Crippen LogP contribution is 2.30. The number of hydrogen-bond donors (Lipinski definition) is 1. The molecule has 0 aliphatic rings. The molecule has 1 aromatic carbocycles. The van der Waals surface area contributed by atoms with Crippen molar-refractivity contribution >= 4 is 16.3 Å². The van der Waals surface area contributed by atoms with Gasteiger partial charge in [-0.05, 0) is 32.4 Å². The zero-order chi connectivity index (χ0) is 15.0. The number of fused-ring (bicyclic) bond motifs is 1. The van der Waals surface area contributed by atoms with E-state index >= 15 is 0 Å². The van der Waals surface area contributed by atoms with Gasteiger partial charge in [0.25, 0.3) is 0 Å². The summed E-state index contributed by atoms with van der Waals surface area (Å²) in [6, 6.07) is 6.21. The van der Waals surface area contributed by atoms with Gasteiger partial charge in [0.15, 0.2) is 4.96 Å². The van der Waals surface area contributed by atoms with E-state index in [-0.39, 0.29) is 6.04 Å². The summed E-state index contributed by atoms with van der Waals surface area (Å²) in [7, 11) is 0. The molecule has 0 saturated carbocycles. The van der Waals surface area contributed by atoms with E-state index in [9.17, 15) is 0 Å². The first-order chi connectivity index (χ1) is 10.0. The van der Waals surface area contributed by atoms with E-state index in [1.165, 1.54) is 5.56 Å². The summed E-state index contributed by atoms with van der Waals surface area (Å²) >= 11 is 1.60. The van der Waals surface area contributed by atoms with Gasteiger partial charge in [0.2, 0.25) is 5.88 Å². The zero-order valence-electron chi connectivity index (χ0n) is 12.5. The standard InChI is InChI=1S/C16H19N3OS/c1-10-4-5-14(11(2)8-10)20-15-13(9-12(3)17)19-6-7-21-16(19)18-15/h4-8,12H,9,17H2,1-3H3. The SMILES string of the molecule is Cc1ccc(Oc2nc3sccn3c2CC(C)N)c(C)c1. The Hall–Kier alpha value is -1.85. The van der Waals surface area contributed by atoms with Crippen molar-refractivity contribution in [3.8, 4) is 11.6 Å². The van der Waals surface area contributed by atoms with Gasteiger partial charge in [-0.25, -0.2) is 0 Å². The van der Waals surface area contributed by atoms with E-state index < -0.39 is 0 Å². The fraction of sp³-hybridized carbons (Fsp3) is 0.312. The molecule has 2 heterocycles. The summed E-state index contributed by atoms with van der Waals surface area (Å²) in [5.74, 6) is 1.50. The van der Waals surface area contributed by atoms with Crippen molar-refractivity contribution in [1.82, 2.24) is 9.38 Å². The Morgan fingerprint density at radius 3 is 2.90 bits per heavy atom. The molecule has 4 nitrogen and oxygen atoms in total. The molecule has 0 spiro atoms. The molecule has 3 aromatic rings. The fourth-order valence-corrected chi connectivity index (χ4v) is 3.13. The molecule has 0 bridgehead atoms. The van der Waals surface area contributed by atoms with Crippen LogP contribution in [0.25, 0.3) is 4.96 Å². The van der Waals surface area contributed by atoms with Crippen molar-refractivity contribution in [2.24, 2.45) is 5.73 Å². The van der Waals surface area contributed by atoms with Crippen molar-refractivity contribution in [3.05, 3.63) is 46.6 Å². The van der Waals surface area contributed by atoms with Crippen molar-refractivity contribution in [1.29, 1.82) is 0 Å². The third kappa shape index (κ3) is 2.80. The first-order valence-corrected chi connectivity index (χ1v) is 7.87. The number of nitrogens with two attached hydrogens (primary N) is 1. The van der Waals surface area contributed by atoms with Crippen LogP contribution in [0.5, 0.6) is 11.6 Å². The highest BCUT2D eigenvalue weighted by molar-refractivity contribution is 7.15. The van der Waals surface area contributed by atoms with Crippen LogP contribution in [0.3, 0.4) is 0 Å². The molecule has 0 saturated heterocycles. The Bertz CT molecular complexity index is 773. The summed E-state index contributed by atoms with van der Waals surface area (Å²) in [6.07, 6.45) is 2.75. The van der Waals surface area contributed by atoms with Crippen LogP contribution in [0, 0.1) is 13.8 Å². The molecule has 1 unspecified atom stereocenters. The van der Waals surface area contributed by atoms with Crippen LogP contribution in [0.2, 0.25) is 0 Å². The highest BCUT2D eigenvalue weighted by atomic mass is 32.1. The number of thiazole rings is 1. The van der Waals surface area contributed by atoms with Crippen LogP contribution in [-0.2, 0) is 6.42 Å². The van der Waals surface area contributed by atoms with Gasteiger partial charge in [-0.3, -0.25) is 4.40 Å². The molecule has 110 valence electrons. The van der Waals surface area contributed by atoms with Gasteiger partial charge in [-0.2, -0.15) is 4.98 Å². The lowest BCUT2D eigenvalue weighted by Crippen LogP contribution is -2.19. The Morgan fingerprint density at radius 1 is 1.38 bits per heavy atom. The Kier molecular flexibility index (Phi) is 3.69. The molecule has 0 aliphatic carbocycles. The second-order valence-corrected chi connectivity index (χ2v) is 6.34. The largest absolute Gasteiger partial charge is 0.437 e. The van der Waals surface area contributed by atoms with Gasteiger partial charge in [0.05, 0.1) is 5.69 Å². The highest BCUT2D eigenvalue weighted by Gasteiger charge is 2.17. The van der Waals surface area contributed by atoms with E-state index in [0.717, 1.165) is 28.4 Å². The van der Waals surface area contributed by atoms with Crippen LogP contribution in [0.1, 0.15) is 23.7 Å². The van der Waals surface area contributed by atoms with E-state index in [4.69, 9.17) is 10.5 Å². The fourth-order valence-electron chi connectivity index (χ4n) is 2.40. The van der Waals surface area contributed by atoms with Crippen molar-refractivity contribution < 1.29 is 4.74 Å². The lowest BCUT2D eigenvalue weighted by molar-refractivity contribution is 0.453. The van der Waals surface area contributed by atoms with Gasteiger partial charge in [0.1, 0.15) is 5.75 Å². The Morgan fingerprint density at radius 2 is 2.19 bits per heavy atom. The molecular weight excluding hydrogens is 282 g/mol. The summed E-state index contributed by atoms with van der Waals surface area (Å²) in [6.45, 7) is 6.11. The van der Waals surface area contributed by atoms with Gasteiger partial charge < -0.3 is 10.5 Å². The molecule has 1 atom stereocenters. The van der Waals surface area contributed by atoms with Crippen LogP contribution < -0.4 is 10.5 Å². The monoisotopic (exact) mass is 301 g/mol. The molecule has 0 radical (unpaired) electrons. The number of hydrogen-bond acceptors (Lipinski definition) is 4. The minimum absolute atomic E-state index is 0.0614. The third-order valence-electron chi connectivity index (χ3n) is 3.38. The normalized spacial score (nSPS) is 12.8. The Labute approximate surface area is 128 Å². The number of nitrogens with zero attached hydrogens (tertiary/aromatic N) is 2. The molecular formula is C16H19N3OS. The van der Waals surface area contributed by atoms with Gasteiger partial charge in [0, 0.05) is 24.0 Å². The van der Waals surface area contributed by atoms with Crippen LogP contribution in [0.15, 0.2) is 29.8 Å². The summed E-state index contributed by atoms with van der Waals surface area (Å²) in [5.41, 5.74) is 9.32. The topological polar surface area (TPSA) is 52.5 Å². The molecule has 0 fully saturated rings. The van der Waals surface area contributed by atoms with E-state index in [0.29, 0.717) is 5.88 Å². The average molecular weight is 301 g/mol. The zero-order valence-corrected chi connectivity index (χ0v) is 13.3. The van der Waals surface area contributed by atoms with E-state index in [2.05, 4.69) is 22.4 Å². The summed E-state index contributed by atoms with van der Waals surface area (Å²) in [4.78, 5) is 5.52. The number of aromatic nitrogens is 2. The first-order valence-electron chi connectivity index (χ1n) is 6.99. The van der Waals surface area contributed by atoms with Crippen LogP contribution in [0.4, 0.5) is 0 Å². The molecule has 2 aromatic heterocycles. The van der Waals surface area contributed by atoms with Crippen molar-refractivity contribution in [2.45, 2.75) is 33.2 Å². The predicted molar refractivity (Wildman–Crippen MR) is 86.4 cm³/mol. The maximum Gasteiger partial charge on any atom is 0.242 e. The maximum absolute atomic E-state index is 6.06. The average Bonchev–Trinajstić information content (AvgIpc) is 2.96. The van der Waals surface area contributed by atoms with Crippen molar-refractivity contribution in [2.75, 3.05) is 0 Å².